The summed E-state index contributed by atoms with van der Waals surface area (Å²) in [4.78, 5) is 6.00. The number of pyridine rings is 1. The van der Waals surface area contributed by atoms with Gasteiger partial charge in [0, 0.05) is 31.9 Å². The van der Waals surface area contributed by atoms with E-state index in [1.807, 2.05) is 11.2 Å². The molecule has 3 nitrogen and oxygen atoms in total. The van der Waals surface area contributed by atoms with Gasteiger partial charge in [0.2, 0.25) is 0 Å². The fraction of sp³-hybridized carbons (Fsp3) is 0.583. The molecule has 0 N–H and O–H groups in total. The van der Waals surface area contributed by atoms with Gasteiger partial charge in [-0.05, 0) is 25.3 Å². The molecule has 0 bridgehead atoms. The van der Waals surface area contributed by atoms with Crippen LogP contribution in [-0.4, -0.2) is 41.2 Å². The first-order valence-corrected chi connectivity index (χ1v) is 7.19. The number of rotatable bonds is 2. The molecule has 0 aliphatic carbocycles. The highest BCUT2D eigenvalue weighted by Crippen LogP contribution is 2.30. The molecule has 106 valence electrons. The zero-order valence-electron chi connectivity index (χ0n) is 10.8. The number of halogens is 3. The fourth-order valence-electron chi connectivity index (χ4n) is 2.15. The number of hydrogen-bond acceptors (Lipinski definition) is 4. The topological polar surface area (TPSA) is 19.4 Å². The van der Waals surface area contributed by atoms with E-state index in [-0.39, 0.29) is 6.04 Å². The highest BCUT2D eigenvalue weighted by molar-refractivity contribution is 7.96. The van der Waals surface area contributed by atoms with E-state index in [2.05, 4.69) is 16.2 Å². The lowest BCUT2D eigenvalue weighted by atomic mass is 10.2. The molecule has 2 heterocycles. The van der Waals surface area contributed by atoms with Crippen LogP contribution in [0.4, 0.5) is 19.0 Å². The van der Waals surface area contributed by atoms with E-state index >= 15 is 0 Å². The van der Waals surface area contributed by atoms with Gasteiger partial charge in [-0.3, -0.25) is 0 Å². The van der Waals surface area contributed by atoms with E-state index in [1.54, 1.807) is 11.9 Å². The van der Waals surface area contributed by atoms with E-state index in [9.17, 15) is 13.2 Å². The molecule has 1 atom stereocenters. The van der Waals surface area contributed by atoms with Gasteiger partial charge in [0.1, 0.15) is 5.82 Å². The summed E-state index contributed by atoms with van der Waals surface area (Å²) >= 11 is 1.69. The number of piperazine rings is 1. The summed E-state index contributed by atoms with van der Waals surface area (Å²) in [5.41, 5.74) is -0.702. The molecule has 1 aliphatic heterocycles. The van der Waals surface area contributed by atoms with Crippen molar-refractivity contribution in [3.63, 3.8) is 0 Å². The minimum atomic E-state index is -4.32. The summed E-state index contributed by atoms with van der Waals surface area (Å²) in [6.07, 6.45) is -1.39. The lowest BCUT2D eigenvalue weighted by Gasteiger charge is -2.39. The van der Waals surface area contributed by atoms with Gasteiger partial charge in [-0.1, -0.05) is 11.9 Å². The van der Waals surface area contributed by atoms with Crippen molar-refractivity contribution in [3.8, 4) is 0 Å². The largest absolute Gasteiger partial charge is 0.417 e. The molecule has 0 spiro atoms. The molecule has 1 fully saturated rings. The van der Waals surface area contributed by atoms with Crippen molar-refractivity contribution in [1.29, 1.82) is 0 Å². The highest BCUT2D eigenvalue weighted by atomic mass is 32.2. The quantitative estimate of drug-likeness (QED) is 0.780. The van der Waals surface area contributed by atoms with Crippen molar-refractivity contribution in [2.45, 2.75) is 19.1 Å². The van der Waals surface area contributed by atoms with Gasteiger partial charge < -0.3 is 4.90 Å². The predicted octanol–water partition coefficient (Wildman–Crippen LogP) is 2.89. The third-order valence-electron chi connectivity index (χ3n) is 3.22. The Morgan fingerprint density at radius 1 is 1.32 bits per heavy atom. The molecule has 1 aromatic heterocycles. The van der Waals surface area contributed by atoms with Crippen LogP contribution in [0.25, 0.3) is 0 Å². The van der Waals surface area contributed by atoms with E-state index in [4.69, 9.17) is 0 Å². The molecule has 1 unspecified atom stereocenters. The fourth-order valence-corrected chi connectivity index (χ4v) is 2.78. The van der Waals surface area contributed by atoms with Gasteiger partial charge in [-0.15, -0.1) is 0 Å². The average molecular weight is 291 g/mol. The van der Waals surface area contributed by atoms with E-state index in [0.29, 0.717) is 5.82 Å². The summed E-state index contributed by atoms with van der Waals surface area (Å²) < 4.78 is 39.7. The second-order valence-electron chi connectivity index (χ2n) is 4.52. The summed E-state index contributed by atoms with van der Waals surface area (Å²) in [5, 5.41) is 0. The Labute approximate surface area is 114 Å². The Morgan fingerprint density at radius 2 is 2.05 bits per heavy atom. The Kier molecular flexibility index (Phi) is 4.25. The summed E-state index contributed by atoms with van der Waals surface area (Å²) in [6.45, 7) is 4.60. The maximum absolute atomic E-state index is 12.5. The van der Waals surface area contributed by atoms with Gasteiger partial charge >= 0.3 is 6.18 Å². The predicted molar refractivity (Wildman–Crippen MR) is 71.1 cm³/mol. The van der Waals surface area contributed by atoms with Crippen LogP contribution >= 0.6 is 11.9 Å². The normalized spacial score (nSPS) is 21.7. The van der Waals surface area contributed by atoms with Gasteiger partial charge in [-0.2, -0.15) is 13.2 Å². The molecule has 2 rings (SSSR count). The van der Waals surface area contributed by atoms with Gasteiger partial charge in [0.25, 0.3) is 0 Å². The third kappa shape index (κ3) is 3.33. The number of hydrogen-bond donors (Lipinski definition) is 0. The van der Waals surface area contributed by atoms with Crippen molar-refractivity contribution >= 4 is 17.8 Å². The van der Waals surface area contributed by atoms with Crippen LogP contribution in [0.15, 0.2) is 18.3 Å². The maximum atomic E-state index is 12.5. The minimum Gasteiger partial charge on any atom is -0.351 e. The number of aromatic nitrogens is 1. The van der Waals surface area contributed by atoms with Gasteiger partial charge in [0.15, 0.2) is 0 Å². The zero-order valence-corrected chi connectivity index (χ0v) is 11.6. The second kappa shape index (κ2) is 5.58. The first kappa shape index (κ1) is 14.5. The molecule has 0 radical (unpaired) electrons. The highest BCUT2D eigenvalue weighted by Gasteiger charge is 2.31. The first-order valence-electron chi connectivity index (χ1n) is 6.01. The number of alkyl halides is 3. The van der Waals surface area contributed by atoms with Crippen LogP contribution in [-0.2, 0) is 6.18 Å². The Bertz CT molecular complexity index is 421. The molecular weight excluding hydrogens is 275 g/mol. The second-order valence-corrected chi connectivity index (χ2v) is 5.40. The molecule has 1 aromatic rings. The minimum absolute atomic E-state index is 0.241. The SMILES string of the molecule is CSN1CCN(c2ccc(C(F)(F)F)cn2)C(C)C1. The van der Waals surface area contributed by atoms with Crippen LogP contribution in [0.5, 0.6) is 0 Å². The first-order chi connectivity index (χ1) is 8.91. The van der Waals surface area contributed by atoms with Crippen LogP contribution in [0.2, 0.25) is 0 Å². The van der Waals surface area contributed by atoms with Crippen molar-refractivity contribution in [1.82, 2.24) is 9.29 Å². The molecule has 0 saturated carbocycles. The van der Waals surface area contributed by atoms with Gasteiger partial charge in [0.05, 0.1) is 5.56 Å². The zero-order chi connectivity index (χ0) is 14.0. The van der Waals surface area contributed by atoms with Gasteiger partial charge in [-0.25, -0.2) is 9.29 Å². The van der Waals surface area contributed by atoms with Crippen LogP contribution in [0, 0.1) is 0 Å². The average Bonchev–Trinajstić information content (AvgIpc) is 2.37. The van der Waals surface area contributed by atoms with E-state index in [0.717, 1.165) is 31.9 Å². The number of anilines is 1. The Morgan fingerprint density at radius 3 is 2.53 bits per heavy atom. The van der Waals surface area contributed by atoms with Crippen molar-refractivity contribution in [2.75, 3.05) is 30.8 Å². The molecule has 7 heteroatoms. The standard InChI is InChI=1S/C12H16F3N3S/c1-9-8-17(19-2)5-6-18(9)11-4-3-10(7-16-11)12(13,14)15/h3-4,7,9H,5-6,8H2,1-2H3. The van der Waals surface area contributed by atoms with Crippen molar-refractivity contribution in [2.24, 2.45) is 0 Å². The summed E-state index contributed by atoms with van der Waals surface area (Å²) in [6, 6.07) is 2.79. The maximum Gasteiger partial charge on any atom is 0.417 e. The molecule has 0 aromatic carbocycles. The molecule has 1 aliphatic rings. The Hall–Kier alpha value is -0.950. The number of nitrogens with zero attached hydrogens (tertiary/aromatic N) is 3. The van der Waals surface area contributed by atoms with E-state index < -0.39 is 11.7 Å². The molecule has 0 amide bonds. The van der Waals surface area contributed by atoms with Crippen LogP contribution < -0.4 is 4.90 Å². The van der Waals surface area contributed by atoms with Crippen LogP contribution in [0.3, 0.4) is 0 Å². The smallest absolute Gasteiger partial charge is 0.351 e. The third-order valence-corrected chi connectivity index (χ3v) is 4.07. The summed E-state index contributed by atoms with van der Waals surface area (Å²) in [5.74, 6) is 0.612. The van der Waals surface area contributed by atoms with Crippen molar-refractivity contribution < 1.29 is 13.2 Å². The van der Waals surface area contributed by atoms with Crippen molar-refractivity contribution in [3.05, 3.63) is 23.9 Å². The molecule has 1 saturated heterocycles. The molecular formula is C12H16F3N3S. The Balaban J connectivity index is 2.10. The molecule has 19 heavy (non-hydrogen) atoms. The summed E-state index contributed by atoms with van der Waals surface area (Å²) in [7, 11) is 0. The monoisotopic (exact) mass is 291 g/mol. The lowest BCUT2D eigenvalue weighted by Crippen LogP contribution is -2.49. The van der Waals surface area contributed by atoms with Crippen LogP contribution in [0.1, 0.15) is 12.5 Å². The lowest BCUT2D eigenvalue weighted by molar-refractivity contribution is -0.137. The van der Waals surface area contributed by atoms with E-state index in [1.165, 1.54) is 6.07 Å².